The number of amides is 1. The number of rotatable bonds is 8. The monoisotopic (exact) mass is 601 g/mol. The lowest BCUT2D eigenvalue weighted by atomic mass is 10.0. The summed E-state index contributed by atoms with van der Waals surface area (Å²) in [4.78, 5) is 69.3. The highest BCUT2D eigenvalue weighted by molar-refractivity contribution is 8.00. The molecule has 4 heterocycles. The van der Waals surface area contributed by atoms with Gasteiger partial charge in [0.25, 0.3) is 5.91 Å². The molecule has 3 aliphatic rings. The number of benzene rings is 1. The maximum Gasteiger partial charge on any atom is 0.352 e. The van der Waals surface area contributed by atoms with Crippen LogP contribution in [0.25, 0.3) is 10.9 Å². The van der Waals surface area contributed by atoms with Crippen molar-refractivity contribution in [2.75, 3.05) is 43.4 Å². The van der Waals surface area contributed by atoms with Crippen molar-refractivity contribution < 1.29 is 38.5 Å². The number of aromatic carboxylic acids is 1. The summed E-state index contributed by atoms with van der Waals surface area (Å²) in [6.45, 7) is 4.99. The van der Waals surface area contributed by atoms with E-state index in [9.17, 15) is 34.2 Å². The first-order chi connectivity index (χ1) is 20.0. The molecule has 15 heteroatoms. The van der Waals surface area contributed by atoms with Gasteiger partial charge >= 0.3 is 17.9 Å². The number of nitrogens with zero attached hydrogens (tertiary/aromatic N) is 5. The molecule has 2 saturated heterocycles. The molecule has 1 aromatic heterocycles. The fourth-order valence-electron chi connectivity index (χ4n) is 5.27. The summed E-state index contributed by atoms with van der Waals surface area (Å²) >= 11 is 1.35. The minimum atomic E-state index is -1.37. The molecule has 2 atom stereocenters. The number of aryl methyl sites for hydroxylation is 1. The first-order valence-corrected chi connectivity index (χ1v) is 14.2. The maximum atomic E-state index is 15.2. The van der Waals surface area contributed by atoms with Gasteiger partial charge in [-0.15, -0.1) is 11.8 Å². The first kappa shape index (κ1) is 29.1. The van der Waals surface area contributed by atoms with E-state index >= 15 is 4.39 Å². The van der Waals surface area contributed by atoms with E-state index < -0.39 is 52.0 Å². The molecule has 2 fully saturated rings. The van der Waals surface area contributed by atoms with Crippen LogP contribution < -0.4 is 10.3 Å². The van der Waals surface area contributed by atoms with Crippen LogP contribution in [-0.2, 0) is 25.7 Å². The molecule has 5 rings (SSSR count). The Bertz CT molecular complexity index is 1610. The van der Waals surface area contributed by atoms with E-state index in [1.807, 2.05) is 9.80 Å². The Morgan fingerprint density at radius 3 is 2.48 bits per heavy atom. The van der Waals surface area contributed by atoms with Crippen LogP contribution >= 0.6 is 11.8 Å². The lowest BCUT2D eigenvalue weighted by Crippen LogP contribution is -2.64. The number of thioether (sulfide) groups is 1. The van der Waals surface area contributed by atoms with Crippen LogP contribution in [0, 0.1) is 5.82 Å². The van der Waals surface area contributed by atoms with Gasteiger partial charge in [-0.2, -0.15) is 0 Å². The van der Waals surface area contributed by atoms with E-state index in [1.165, 1.54) is 29.8 Å². The van der Waals surface area contributed by atoms with E-state index in [4.69, 9.17) is 4.74 Å². The molecule has 0 unspecified atom stereocenters. The lowest BCUT2D eigenvalue weighted by molar-refractivity contribution is -0.148. The Morgan fingerprint density at radius 2 is 1.86 bits per heavy atom. The number of pyridine rings is 1. The average Bonchev–Trinajstić information content (AvgIpc) is 2.96. The minimum Gasteiger partial charge on any atom is -0.477 e. The Balaban J connectivity index is 1.26. The molecule has 1 amide bonds. The summed E-state index contributed by atoms with van der Waals surface area (Å²) in [5.41, 5.74) is -0.233. The van der Waals surface area contributed by atoms with E-state index in [1.54, 1.807) is 23.9 Å². The molecule has 0 saturated carbocycles. The zero-order valence-corrected chi connectivity index (χ0v) is 23.6. The van der Waals surface area contributed by atoms with Crippen LogP contribution in [0.15, 0.2) is 39.4 Å². The molecule has 13 nitrogen and oxygen atoms in total. The first-order valence-electron chi connectivity index (χ1n) is 13.2. The van der Waals surface area contributed by atoms with Crippen LogP contribution in [0.3, 0.4) is 0 Å². The molecule has 2 aromatic rings. The van der Waals surface area contributed by atoms with Crippen LogP contribution in [-0.4, -0.2) is 105 Å². The Hall–Kier alpha value is -4.40. The Kier molecular flexibility index (Phi) is 7.95. The quantitative estimate of drug-likeness (QED) is 0.194. The molecule has 0 spiro atoms. The van der Waals surface area contributed by atoms with Gasteiger partial charge in [-0.3, -0.25) is 24.3 Å². The van der Waals surface area contributed by atoms with E-state index in [0.29, 0.717) is 49.5 Å². The molecule has 0 aliphatic carbocycles. The van der Waals surface area contributed by atoms with Gasteiger partial charge < -0.3 is 29.3 Å². The second-order valence-corrected chi connectivity index (χ2v) is 11.1. The van der Waals surface area contributed by atoms with Gasteiger partial charge in [-0.05, 0) is 19.1 Å². The lowest BCUT2D eigenvalue weighted by Gasteiger charge is -2.47. The van der Waals surface area contributed by atoms with Gasteiger partial charge in [0.2, 0.25) is 5.43 Å². The van der Waals surface area contributed by atoms with E-state index in [2.05, 4.69) is 4.99 Å². The topological polar surface area (TPSA) is 162 Å². The van der Waals surface area contributed by atoms with Crippen molar-refractivity contribution >= 4 is 58.5 Å². The number of esters is 1. The number of ether oxygens (including phenoxy) is 1. The molecule has 0 bridgehead atoms. The predicted octanol–water partition coefficient (Wildman–Crippen LogP) is 1.19. The average molecular weight is 602 g/mol. The number of hydrogen-bond acceptors (Lipinski definition) is 9. The number of carboxylic acids is 2. The molecule has 3 aliphatic heterocycles. The summed E-state index contributed by atoms with van der Waals surface area (Å²) in [5, 5.41) is 18.6. The summed E-state index contributed by atoms with van der Waals surface area (Å²) in [7, 11) is 0. The highest BCUT2D eigenvalue weighted by Gasteiger charge is 2.53. The number of aliphatic imine (C=N–C) groups is 1. The van der Waals surface area contributed by atoms with Gasteiger partial charge in [-0.25, -0.2) is 14.0 Å². The number of piperazine rings is 1. The summed E-state index contributed by atoms with van der Waals surface area (Å²) in [6.07, 6.45) is 2.84. The molecular weight excluding hydrogens is 573 g/mol. The van der Waals surface area contributed by atoms with Gasteiger partial charge in [-0.1, -0.05) is 0 Å². The molecule has 222 valence electrons. The van der Waals surface area contributed by atoms with Crippen LogP contribution in [0.1, 0.15) is 24.2 Å². The van der Waals surface area contributed by atoms with Crippen LogP contribution in [0.2, 0.25) is 0 Å². The molecule has 42 heavy (non-hydrogen) atoms. The third-order valence-corrected chi connectivity index (χ3v) is 8.76. The van der Waals surface area contributed by atoms with Crippen molar-refractivity contribution in [2.45, 2.75) is 31.8 Å². The normalized spacial score (nSPS) is 20.6. The number of carbonyl (C=O) groups is 4. The highest BCUT2D eigenvalue weighted by atomic mass is 32.2. The Morgan fingerprint density at radius 1 is 1.14 bits per heavy atom. The fraction of sp³-hybridized carbons (Fsp3) is 0.407. The number of carboxylic acid groups (broad SMARTS) is 2. The molecule has 2 N–H and O–H groups in total. The summed E-state index contributed by atoms with van der Waals surface area (Å²) < 4.78 is 21.7. The van der Waals surface area contributed by atoms with Gasteiger partial charge in [0.1, 0.15) is 29.1 Å². The molecule has 1 aromatic carbocycles. The summed E-state index contributed by atoms with van der Waals surface area (Å²) in [5.74, 6) is -3.98. The van der Waals surface area contributed by atoms with Crippen molar-refractivity contribution in [1.82, 2.24) is 14.4 Å². The van der Waals surface area contributed by atoms with Gasteiger partial charge in [0.15, 0.2) is 6.04 Å². The fourth-order valence-corrected chi connectivity index (χ4v) is 6.59. The zero-order chi connectivity index (χ0) is 30.3. The number of anilines is 1. The second-order valence-electron chi connectivity index (χ2n) is 9.96. The molecule has 0 radical (unpaired) electrons. The summed E-state index contributed by atoms with van der Waals surface area (Å²) in [6, 6.07) is 1.90. The largest absolute Gasteiger partial charge is 0.477 e. The Labute approximate surface area is 242 Å². The zero-order valence-electron chi connectivity index (χ0n) is 22.8. The number of halogens is 1. The van der Waals surface area contributed by atoms with Crippen LogP contribution in [0.4, 0.5) is 10.1 Å². The number of carbonyl (C=O) groups excluding carboxylic acids is 2. The number of β-lactam (4-membered cyclic amide) rings is 1. The van der Waals surface area contributed by atoms with Crippen molar-refractivity contribution in [1.29, 1.82) is 0 Å². The highest BCUT2D eigenvalue weighted by Crippen LogP contribution is 2.41. The SMILES string of the molecule is CCn1cc(C(=O)O)c(=O)c2cc(F)c(N3CCN(C=N[C@@H]4C(=O)N5C(C(=O)O)=C(COC(C)=O)CS[C@H]45)CC3)cc21. The van der Waals surface area contributed by atoms with Gasteiger partial charge in [0, 0.05) is 62.6 Å². The van der Waals surface area contributed by atoms with Crippen molar-refractivity contribution in [3.8, 4) is 0 Å². The minimum absolute atomic E-state index is 0.00274. The third-order valence-electron chi connectivity index (χ3n) is 7.44. The number of hydrogen-bond donors (Lipinski definition) is 2. The maximum absolute atomic E-state index is 15.2. The van der Waals surface area contributed by atoms with Gasteiger partial charge in [0.05, 0.1) is 17.5 Å². The van der Waals surface area contributed by atoms with E-state index in [-0.39, 0.29) is 23.4 Å². The van der Waals surface area contributed by atoms with Crippen molar-refractivity contribution in [2.24, 2.45) is 4.99 Å². The van der Waals surface area contributed by atoms with Crippen molar-refractivity contribution in [3.05, 3.63) is 51.2 Å². The predicted molar refractivity (Wildman–Crippen MR) is 151 cm³/mol. The number of aliphatic carboxylic acids is 1. The number of aromatic nitrogens is 1. The second kappa shape index (κ2) is 11.5. The van der Waals surface area contributed by atoms with Crippen LogP contribution in [0.5, 0.6) is 0 Å². The molecular formula is C27H28FN5O8S. The standard InChI is InChI=1S/C27H28FN5O8S/c1-3-31-10-17(26(37)38)23(35)16-8-18(28)20(9-19(16)31)32-6-4-30(5-7-32)13-29-21-24(36)33-22(27(39)40)15(11-41-14(2)34)12-42-25(21)33/h8-10,13,21,25H,3-7,11-12H2,1-2H3,(H,37,38)(H,39,40)/t21-,25-/m1/s1. The van der Waals surface area contributed by atoms with Crippen molar-refractivity contribution in [3.63, 3.8) is 0 Å². The third kappa shape index (κ3) is 5.19. The van der Waals surface area contributed by atoms with E-state index in [0.717, 1.165) is 6.07 Å². The number of fused-ring (bicyclic) bond motifs is 2. The smallest absolute Gasteiger partial charge is 0.352 e.